The maximum atomic E-state index is 12.4. The Hall–Kier alpha value is -3.87. The molecule has 4 heterocycles. The maximum Gasteiger partial charge on any atom is 0.321 e. The number of carbonyl (C=O) groups excluding carboxylic acids is 1. The minimum Gasteiger partial charge on any atom is -0.490 e. The van der Waals surface area contributed by atoms with Gasteiger partial charge in [0.25, 0.3) is 0 Å². The molecule has 4 aromatic rings. The Labute approximate surface area is 186 Å². The standard InChI is InChI=1S/C25H25N5O2/c1-18-23(8-9-24-27-13-16-30(18)24)19-4-6-21(7-5-19)32-22-10-14-29(15-11-22)25(31)28-20-3-2-12-26-17-20/h2-9,12-13,16-17,22H,10-11,14-15H2,1H3,(H,28,31). The van der Waals surface area contributed by atoms with E-state index in [0.29, 0.717) is 18.8 Å². The maximum absolute atomic E-state index is 12.4. The van der Waals surface area contributed by atoms with Crippen LogP contribution in [0, 0.1) is 6.92 Å². The number of aromatic nitrogens is 3. The lowest BCUT2D eigenvalue weighted by Gasteiger charge is -2.32. The second-order valence-corrected chi connectivity index (χ2v) is 7.99. The van der Waals surface area contributed by atoms with Crippen LogP contribution < -0.4 is 10.1 Å². The van der Waals surface area contributed by atoms with E-state index in [9.17, 15) is 4.79 Å². The summed E-state index contributed by atoms with van der Waals surface area (Å²) in [5.74, 6) is 0.855. The molecule has 1 saturated heterocycles. The van der Waals surface area contributed by atoms with Gasteiger partial charge in [-0.15, -0.1) is 0 Å². The van der Waals surface area contributed by atoms with Crippen molar-refractivity contribution in [3.63, 3.8) is 0 Å². The van der Waals surface area contributed by atoms with Crippen LogP contribution in [-0.4, -0.2) is 44.5 Å². The molecule has 0 aliphatic carbocycles. The van der Waals surface area contributed by atoms with Crippen LogP contribution in [0.1, 0.15) is 18.5 Å². The predicted molar refractivity (Wildman–Crippen MR) is 124 cm³/mol. The van der Waals surface area contributed by atoms with Crippen LogP contribution in [-0.2, 0) is 0 Å². The Balaban J connectivity index is 1.18. The number of carbonyl (C=O) groups is 1. The van der Waals surface area contributed by atoms with Crippen molar-refractivity contribution in [1.82, 2.24) is 19.3 Å². The number of likely N-dealkylation sites (tertiary alicyclic amines) is 1. The monoisotopic (exact) mass is 427 g/mol. The predicted octanol–water partition coefficient (Wildman–Crippen LogP) is 4.78. The van der Waals surface area contributed by atoms with Crippen LogP contribution in [0.2, 0.25) is 0 Å². The number of urea groups is 1. The van der Waals surface area contributed by atoms with E-state index < -0.39 is 0 Å². The van der Waals surface area contributed by atoms with Crippen molar-refractivity contribution in [1.29, 1.82) is 0 Å². The van der Waals surface area contributed by atoms with Gasteiger partial charge in [0.2, 0.25) is 0 Å². The summed E-state index contributed by atoms with van der Waals surface area (Å²) in [7, 11) is 0. The lowest BCUT2D eigenvalue weighted by atomic mass is 10.0. The van der Waals surface area contributed by atoms with Crippen LogP contribution in [0.15, 0.2) is 73.3 Å². The molecule has 0 saturated carbocycles. The zero-order chi connectivity index (χ0) is 21.9. The molecule has 7 heteroatoms. The van der Waals surface area contributed by atoms with E-state index in [4.69, 9.17) is 4.74 Å². The van der Waals surface area contributed by atoms with Crippen LogP contribution in [0.25, 0.3) is 16.8 Å². The first-order valence-corrected chi connectivity index (χ1v) is 10.8. The number of amides is 2. The van der Waals surface area contributed by atoms with E-state index >= 15 is 0 Å². The van der Waals surface area contributed by atoms with Crippen molar-refractivity contribution >= 4 is 17.4 Å². The van der Waals surface area contributed by atoms with E-state index in [1.807, 2.05) is 41.6 Å². The number of hydrogen-bond acceptors (Lipinski definition) is 4. The number of fused-ring (bicyclic) bond motifs is 1. The Bertz CT molecular complexity index is 1210. The Morgan fingerprint density at radius 3 is 2.62 bits per heavy atom. The van der Waals surface area contributed by atoms with Gasteiger partial charge in [0.15, 0.2) is 0 Å². The molecule has 5 rings (SSSR count). The van der Waals surface area contributed by atoms with E-state index in [0.717, 1.165) is 35.5 Å². The molecular formula is C25H25N5O2. The van der Waals surface area contributed by atoms with Crippen LogP contribution in [0.5, 0.6) is 5.75 Å². The highest BCUT2D eigenvalue weighted by Gasteiger charge is 2.24. The molecule has 0 bridgehead atoms. The highest BCUT2D eigenvalue weighted by atomic mass is 16.5. The number of nitrogens with zero attached hydrogens (tertiary/aromatic N) is 4. The highest BCUT2D eigenvalue weighted by molar-refractivity contribution is 5.89. The highest BCUT2D eigenvalue weighted by Crippen LogP contribution is 2.27. The molecule has 7 nitrogen and oxygen atoms in total. The van der Waals surface area contributed by atoms with Gasteiger partial charge in [0, 0.05) is 55.8 Å². The summed E-state index contributed by atoms with van der Waals surface area (Å²) in [6.07, 6.45) is 8.84. The number of pyridine rings is 2. The van der Waals surface area contributed by atoms with Gasteiger partial charge < -0.3 is 19.4 Å². The Morgan fingerprint density at radius 1 is 1.06 bits per heavy atom. The normalized spacial score (nSPS) is 14.5. The number of ether oxygens (including phenoxy) is 1. The molecule has 0 spiro atoms. The van der Waals surface area contributed by atoms with Crippen molar-refractivity contribution < 1.29 is 9.53 Å². The topological polar surface area (TPSA) is 71.8 Å². The molecule has 3 aromatic heterocycles. The van der Waals surface area contributed by atoms with Crippen LogP contribution in [0.3, 0.4) is 0 Å². The number of aryl methyl sites for hydroxylation is 1. The van der Waals surface area contributed by atoms with Crippen LogP contribution in [0.4, 0.5) is 10.5 Å². The van der Waals surface area contributed by atoms with Gasteiger partial charge in [-0.25, -0.2) is 9.78 Å². The average molecular weight is 428 g/mol. The molecule has 1 aromatic carbocycles. The fourth-order valence-electron chi connectivity index (χ4n) is 4.16. The summed E-state index contributed by atoms with van der Waals surface area (Å²) in [4.78, 5) is 22.6. The molecule has 0 atom stereocenters. The second-order valence-electron chi connectivity index (χ2n) is 7.99. The van der Waals surface area contributed by atoms with Gasteiger partial charge in [-0.3, -0.25) is 4.98 Å². The Kier molecular flexibility index (Phi) is 5.46. The summed E-state index contributed by atoms with van der Waals surface area (Å²) in [6, 6.07) is 15.9. The van der Waals surface area contributed by atoms with Crippen molar-refractivity contribution in [3.8, 4) is 16.9 Å². The van der Waals surface area contributed by atoms with Crippen molar-refractivity contribution in [3.05, 3.63) is 79.0 Å². The molecule has 0 unspecified atom stereocenters. The third-order valence-corrected chi connectivity index (χ3v) is 5.93. The summed E-state index contributed by atoms with van der Waals surface area (Å²) in [5.41, 5.74) is 5.14. The molecule has 1 aliphatic rings. The first kappa shape index (κ1) is 20.1. The van der Waals surface area contributed by atoms with Gasteiger partial charge in [-0.1, -0.05) is 12.1 Å². The van der Waals surface area contributed by atoms with E-state index in [1.54, 1.807) is 18.5 Å². The lowest BCUT2D eigenvalue weighted by molar-refractivity contribution is 0.115. The largest absolute Gasteiger partial charge is 0.490 e. The summed E-state index contributed by atoms with van der Waals surface area (Å²) < 4.78 is 8.29. The van der Waals surface area contributed by atoms with Gasteiger partial charge in [-0.2, -0.15) is 0 Å². The molecule has 32 heavy (non-hydrogen) atoms. The number of piperidine rings is 1. The number of anilines is 1. The Morgan fingerprint density at radius 2 is 1.88 bits per heavy atom. The molecule has 1 aliphatic heterocycles. The van der Waals surface area contributed by atoms with Crippen LogP contribution >= 0.6 is 0 Å². The fraction of sp³-hybridized carbons (Fsp3) is 0.240. The van der Waals surface area contributed by atoms with E-state index in [-0.39, 0.29) is 12.1 Å². The molecular weight excluding hydrogens is 402 g/mol. The smallest absolute Gasteiger partial charge is 0.321 e. The minimum absolute atomic E-state index is 0.0916. The number of nitrogens with one attached hydrogen (secondary N) is 1. The van der Waals surface area contributed by atoms with Crippen molar-refractivity contribution in [2.24, 2.45) is 0 Å². The summed E-state index contributed by atoms with van der Waals surface area (Å²) >= 11 is 0. The zero-order valence-electron chi connectivity index (χ0n) is 17.9. The van der Waals surface area contributed by atoms with Gasteiger partial charge >= 0.3 is 6.03 Å². The second kappa shape index (κ2) is 8.70. The van der Waals surface area contributed by atoms with Crippen molar-refractivity contribution in [2.45, 2.75) is 25.9 Å². The van der Waals surface area contributed by atoms with E-state index in [1.165, 1.54) is 5.56 Å². The minimum atomic E-state index is -0.0916. The molecule has 162 valence electrons. The van der Waals surface area contributed by atoms with Gasteiger partial charge in [0.1, 0.15) is 17.5 Å². The van der Waals surface area contributed by atoms with Gasteiger partial charge in [-0.05, 0) is 48.9 Å². The molecule has 2 amide bonds. The number of benzene rings is 1. The first-order valence-electron chi connectivity index (χ1n) is 10.8. The van der Waals surface area contributed by atoms with Crippen molar-refractivity contribution in [2.75, 3.05) is 18.4 Å². The molecule has 1 N–H and O–H groups in total. The zero-order valence-corrected chi connectivity index (χ0v) is 17.9. The number of imidazole rings is 1. The third kappa shape index (κ3) is 4.14. The fourth-order valence-corrected chi connectivity index (χ4v) is 4.16. The van der Waals surface area contributed by atoms with Gasteiger partial charge in [0.05, 0.1) is 11.9 Å². The quantitative estimate of drug-likeness (QED) is 0.509. The average Bonchev–Trinajstić information content (AvgIpc) is 3.31. The number of rotatable bonds is 4. The molecule has 0 radical (unpaired) electrons. The lowest BCUT2D eigenvalue weighted by Crippen LogP contribution is -2.43. The summed E-state index contributed by atoms with van der Waals surface area (Å²) in [5, 5.41) is 2.89. The SMILES string of the molecule is Cc1c(-c2ccc(OC3CCN(C(=O)Nc4cccnc4)CC3)cc2)ccc2nccn12. The first-order chi connectivity index (χ1) is 15.7. The number of hydrogen-bond donors (Lipinski definition) is 1. The molecule has 1 fully saturated rings. The summed E-state index contributed by atoms with van der Waals surface area (Å²) in [6.45, 7) is 3.44. The third-order valence-electron chi connectivity index (χ3n) is 5.93. The van der Waals surface area contributed by atoms with E-state index in [2.05, 4.69) is 44.8 Å².